The van der Waals surface area contributed by atoms with Crippen LogP contribution in [0, 0.1) is 11.7 Å². The number of nitrogens with zero attached hydrogens (tertiary/aromatic N) is 1. The molecule has 18 heavy (non-hydrogen) atoms. The van der Waals surface area contributed by atoms with Crippen molar-refractivity contribution in [3.63, 3.8) is 0 Å². The van der Waals surface area contributed by atoms with Crippen LogP contribution in [-0.4, -0.2) is 30.4 Å². The lowest BCUT2D eigenvalue weighted by atomic mass is 10.0. The number of halogens is 1. The number of amides is 1. The number of rotatable bonds is 3. The average molecular weight is 250 g/mol. The topological polar surface area (TPSA) is 32.3 Å². The van der Waals surface area contributed by atoms with Crippen LogP contribution in [0.5, 0.6) is 0 Å². The first-order valence-corrected chi connectivity index (χ1v) is 6.30. The average Bonchev–Trinajstić information content (AvgIpc) is 2.74. The van der Waals surface area contributed by atoms with E-state index in [1.165, 1.54) is 12.1 Å². The number of carbonyl (C=O) groups is 1. The number of benzene rings is 1. The van der Waals surface area contributed by atoms with Gasteiger partial charge in [0.2, 0.25) is 5.91 Å². The molecule has 1 saturated heterocycles. The first kappa shape index (κ1) is 13.0. The van der Waals surface area contributed by atoms with Crippen molar-refractivity contribution in [2.45, 2.75) is 25.9 Å². The quantitative estimate of drug-likeness (QED) is 0.887. The molecule has 4 heteroatoms. The summed E-state index contributed by atoms with van der Waals surface area (Å²) < 4.78 is 13.1. The molecule has 1 amide bonds. The van der Waals surface area contributed by atoms with Gasteiger partial charge in [-0.1, -0.05) is 19.1 Å². The van der Waals surface area contributed by atoms with Crippen LogP contribution in [0.4, 0.5) is 4.39 Å². The Morgan fingerprint density at radius 2 is 2.33 bits per heavy atom. The molecule has 1 N–H and O–H groups in total. The Balaban J connectivity index is 1.99. The number of carbonyl (C=O) groups excluding carboxylic acids is 1. The maximum atomic E-state index is 13.1. The van der Waals surface area contributed by atoms with E-state index < -0.39 is 0 Å². The Morgan fingerprint density at radius 1 is 1.56 bits per heavy atom. The van der Waals surface area contributed by atoms with Crippen molar-refractivity contribution in [2.24, 2.45) is 5.92 Å². The smallest absolute Gasteiger partial charge is 0.240 e. The van der Waals surface area contributed by atoms with E-state index in [4.69, 9.17) is 0 Å². The summed E-state index contributed by atoms with van der Waals surface area (Å²) in [6.07, 6.45) is 1.03. The summed E-state index contributed by atoms with van der Waals surface area (Å²) in [7, 11) is 1.76. The van der Waals surface area contributed by atoms with Crippen molar-refractivity contribution in [3.8, 4) is 0 Å². The van der Waals surface area contributed by atoms with Crippen LogP contribution < -0.4 is 5.32 Å². The van der Waals surface area contributed by atoms with Crippen molar-refractivity contribution in [1.82, 2.24) is 10.2 Å². The molecule has 2 atom stereocenters. The van der Waals surface area contributed by atoms with E-state index in [1.807, 2.05) is 6.07 Å². The van der Waals surface area contributed by atoms with Gasteiger partial charge in [-0.05, 0) is 36.6 Å². The van der Waals surface area contributed by atoms with Gasteiger partial charge in [0.25, 0.3) is 0 Å². The van der Waals surface area contributed by atoms with Crippen LogP contribution in [-0.2, 0) is 11.3 Å². The highest BCUT2D eigenvalue weighted by Gasteiger charge is 2.31. The third kappa shape index (κ3) is 2.88. The number of nitrogens with one attached hydrogen (secondary N) is 1. The van der Waals surface area contributed by atoms with Gasteiger partial charge in [0.15, 0.2) is 0 Å². The van der Waals surface area contributed by atoms with E-state index in [0.717, 1.165) is 18.5 Å². The molecular formula is C14H19FN2O. The van der Waals surface area contributed by atoms with Gasteiger partial charge in [0.1, 0.15) is 5.82 Å². The fourth-order valence-electron chi connectivity index (χ4n) is 2.39. The molecule has 1 aliphatic rings. The fraction of sp³-hybridized carbons (Fsp3) is 0.500. The van der Waals surface area contributed by atoms with Crippen LogP contribution >= 0.6 is 0 Å². The van der Waals surface area contributed by atoms with Crippen molar-refractivity contribution in [2.75, 3.05) is 13.6 Å². The maximum absolute atomic E-state index is 13.1. The monoisotopic (exact) mass is 250 g/mol. The van der Waals surface area contributed by atoms with E-state index in [9.17, 15) is 9.18 Å². The van der Waals surface area contributed by atoms with Crippen LogP contribution in [0.2, 0.25) is 0 Å². The van der Waals surface area contributed by atoms with Crippen molar-refractivity contribution in [1.29, 1.82) is 0 Å². The molecule has 1 fully saturated rings. The highest BCUT2D eigenvalue weighted by Crippen LogP contribution is 2.17. The molecule has 1 aromatic rings. The van der Waals surface area contributed by atoms with Gasteiger partial charge in [0.05, 0.1) is 6.04 Å². The molecule has 0 saturated carbocycles. The standard InChI is InChI=1S/C14H19FN2O/c1-10-6-7-16-13(10)14(18)17(2)9-11-4-3-5-12(15)8-11/h3-5,8,10,13,16H,6-7,9H2,1-2H3. The van der Waals surface area contributed by atoms with Crippen LogP contribution in [0.15, 0.2) is 24.3 Å². The number of hydrogen-bond acceptors (Lipinski definition) is 2. The Bertz CT molecular complexity index is 436. The predicted octanol–water partition coefficient (Wildman–Crippen LogP) is 1.78. The van der Waals surface area contributed by atoms with Crippen LogP contribution in [0.3, 0.4) is 0 Å². The van der Waals surface area contributed by atoms with Gasteiger partial charge in [-0.15, -0.1) is 0 Å². The summed E-state index contributed by atoms with van der Waals surface area (Å²) in [4.78, 5) is 13.9. The minimum absolute atomic E-state index is 0.0873. The maximum Gasteiger partial charge on any atom is 0.240 e. The van der Waals surface area contributed by atoms with Crippen LogP contribution in [0.25, 0.3) is 0 Å². The predicted molar refractivity (Wildman–Crippen MR) is 68.4 cm³/mol. The molecule has 0 radical (unpaired) electrons. The zero-order chi connectivity index (χ0) is 13.1. The summed E-state index contributed by atoms with van der Waals surface area (Å²) in [5, 5.41) is 3.22. The SMILES string of the molecule is CC1CCNC1C(=O)N(C)Cc1cccc(F)c1. The van der Waals surface area contributed by atoms with Gasteiger partial charge in [-0.2, -0.15) is 0 Å². The second kappa shape index (κ2) is 5.48. The minimum atomic E-state index is -0.263. The second-order valence-corrected chi connectivity index (χ2v) is 5.02. The number of likely N-dealkylation sites (N-methyl/N-ethyl adjacent to an activating group) is 1. The lowest BCUT2D eigenvalue weighted by Gasteiger charge is -2.23. The molecule has 3 nitrogen and oxygen atoms in total. The largest absolute Gasteiger partial charge is 0.340 e. The summed E-state index contributed by atoms with van der Waals surface area (Å²) in [5.41, 5.74) is 0.816. The second-order valence-electron chi connectivity index (χ2n) is 5.02. The summed E-state index contributed by atoms with van der Waals surface area (Å²) in [5.74, 6) is 0.192. The Hall–Kier alpha value is -1.42. The summed E-state index contributed by atoms with van der Waals surface area (Å²) >= 11 is 0. The molecule has 0 bridgehead atoms. The fourth-order valence-corrected chi connectivity index (χ4v) is 2.39. The van der Waals surface area contributed by atoms with Crippen molar-refractivity contribution in [3.05, 3.63) is 35.6 Å². The molecule has 0 spiro atoms. The third-order valence-electron chi connectivity index (χ3n) is 3.48. The van der Waals surface area contributed by atoms with E-state index >= 15 is 0 Å². The van der Waals surface area contributed by atoms with Crippen molar-refractivity contribution >= 4 is 5.91 Å². The zero-order valence-corrected chi connectivity index (χ0v) is 10.8. The normalized spacial score (nSPS) is 23.1. The molecule has 1 aliphatic heterocycles. The minimum Gasteiger partial charge on any atom is -0.340 e. The lowest BCUT2D eigenvalue weighted by molar-refractivity contribution is -0.133. The lowest BCUT2D eigenvalue weighted by Crippen LogP contribution is -2.43. The van der Waals surface area contributed by atoms with Gasteiger partial charge in [-0.3, -0.25) is 4.79 Å². The third-order valence-corrected chi connectivity index (χ3v) is 3.48. The highest BCUT2D eigenvalue weighted by atomic mass is 19.1. The molecule has 1 heterocycles. The molecule has 0 aromatic heterocycles. The van der Waals surface area contributed by atoms with Gasteiger partial charge < -0.3 is 10.2 Å². The van der Waals surface area contributed by atoms with E-state index in [0.29, 0.717) is 12.5 Å². The molecule has 0 aliphatic carbocycles. The highest BCUT2D eigenvalue weighted by molar-refractivity contribution is 5.82. The van der Waals surface area contributed by atoms with E-state index in [2.05, 4.69) is 12.2 Å². The Morgan fingerprint density at radius 3 is 2.94 bits per heavy atom. The Kier molecular flexibility index (Phi) is 3.97. The van der Waals surface area contributed by atoms with E-state index in [1.54, 1.807) is 18.0 Å². The molecular weight excluding hydrogens is 231 g/mol. The van der Waals surface area contributed by atoms with Gasteiger partial charge >= 0.3 is 0 Å². The number of hydrogen-bond donors (Lipinski definition) is 1. The summed E-state index contributed by atoms with van der Waals surface area (Å²) in [6, 6.07) is 6.28. The first-order valence-electron chi connectivity index (χ1n) is 6.30. The first-order chi connectivity index (χ1) is 8.58. The summed E-state index contributed by atoms with van der Waals surface area (Å²) in [6.45, 7) is 3.42. The van der Waals surface area contributed by atoms with Crippen molar-refractivity contribution < 1.29 is 9.18 Å². The molecule has 2 rings (SSSR count). The van der Waals surface area contributed by atoms with Gasteiger partial charge in [0, 0.05) is 13.6 Å². The molecule has 2 unspecified atom stereocenters. The van der Waals surface area contributed by atoms with Crippen LogP contribution in [0.1, 0.15) is 18.9 Å². The van der Waals surface area contributed by atoms with Gasteiger partial charge in [-0.25, -0.2) is 4.39 Å². The zero-order valence-electron chi connectivity index (χ0n) is 10.8. The molecule has 98 valence electrons. The van der Waals surface area contributed by atoms with E-state index in [-0.39, 0.29) is 17.8 Å². The molecule has 1 aromatic carbocycles. The Labute approximate surface area is 107 Å².